The number of primary amides is 1. The number of carbonyl (C=O) groups is 1. The van der Waals surface area contributed by atoms with E-state index < -0.39 is 22.9 Å². The van der Waals surface area contributed by atoms with Crippen molar-refractivity contribution in [2.24, 2.45) is 11.1 Å². The third-order valence-electron chi connectivity index (χ3n) is 3.13. The van der Waals surface area contributed by atoms with Gasteiger partial charge >= 0.3 is 6.18 Å². The standard InChI is InChI=1S/C13H16F3NO/c1-11(2,3)12(10(17)18,13(14,15)16)9-7-5-4-6-8-9/h4-8H,1-3H3,(H2,17,18). The predicted molar refractivity (Wildman–Crippen MR) is 62.8 cm³/mol. The molecule has 5 heteroatoms. The molecule has 0 aromatic heterocycles. The molecule has 0 heterocycles. The highest BCUT2D eigenvalue weighted by atomic mass is 19.4. The molecule has 2 nitrogen and oxygen atoms in total. The van der Waals surface area contributed by atoms with E-state index >= 15 is 0 Å². The molecule has 0 radical (unpaired) electrons. The second-order valence-corrected chi connectivity index (χ2v) is 5.23. The fraction of sp³-hybridized carbons (Fsp3) is 0.462. The smallest absolute Gasteiger partial charge is 0.369 e. The van der Waals surface area contributed by atoms with Crippen molar-refractivity contribution >= 4 is 5.91 Å². The molecule has 2 N–H and O–H groups in total. The fourth-order valence-corrected chi connectivity index (χ4v) is 2.36. The zero-order valence-electron chi connectivity index (χ0n) is 10.5. The molecule has 18 heavy (non-hydrogen) atoms. The molecule has 0 fully saturated rings. The van der Waals surface area contributed by atoms with E-state index in [-0.39, 0.29) is 5.56 Å². The Morgan fingerprint density at radius 2 is 1.50 bits per heavy atom. The van der Waals surface area contributed by atoms with Crippen molar-refractivity contribution in [2.75, 3.05) is 0 Å². The number of hydrogen-bond acceptors (Lipinski definition) is 1. The third kappa shape index (κ3) is 1.98. The van der Waals surface area contributed by atoms with Gasteiger partial charge in [-0.2, -0.15) is 13.2 Å². The summed E-state index contributed by atoms with van der Waals surface area (Å²) in [4.78, 5) is 11.6. The lowest BCUT2D eigenvalue weighted by molar-refractivity contribution is -0.216. The van der Waals surface area contributed by atoms with Gasteiger partial charge in [-0.15, -0.1) is 0 Å². The number of halogens is 3. The van der Waals surface area contributed by atoms with Gasteiger partial charge < -0.3 is 5.73 Å². The van der Waals surface area contributed by atoms with Crippen LogP contribution in [0.4, 0.5) is 13.2 Å². The highest BCUT2D eigenvalue weighted by Gasteiger charge is 2.66. The fourth-order valence-electron chi connectivity index (χ4n) is 2.36. The lowest BCUT2D eigenvalue weighted by Crippen LogP contribution is -2.60. The largest absolute Gasteiger partial charge is 0.407 e. The summed E-state index contributed by atoms with van der Waals surface area (Å²) in [6.45, 7) is 4.08. The van der Waals surface area contributed by atoms with Crippen LogP contribution in [0.1, 0.15) is 26.3 Å². The summed E-state index contributed by atoms with van der Waals surface area (Å²) < 4.78 is 40.5. The van der Waals surface area contributed by atoms with Crippen molar-refractivity contribution in [3.63, 3.8) is 0 Å². The first-order valence-electron chi connectivity index (χ1n) is 5.47. The van der Waals surface area contributed by atoms with E-state index in [9.17, 15) is 18.0 Å². The molecule has 100 valence electrons. The van der Waals surface area contributed by atoms with Crippen LogP contribution in [0.2, 0.25) is 0 Å². The normalized spacial score (nSPS) is 16.1. The lowest BCUT2D eigenvalue weighted by atomic mass is 9.61. The average molecular weight is 259 g/mol. The Hall–Kier alpha value is -1.52. The van der Waals surface area contributed by atoms with Crippen LogP contribution < -0.4 is 5.73 Å². The Labute approximate surface area is 104 Å². The second-order valence-electron chi connectivity index (χ2n) is 5.23. The van der Waals surface area contributed by atoms with Crippen LogP contribution >= 0.6 is 0 Å². The summed E-state index contributed by atoms with van der Waals surface area (Å²) >= 11 is 0. The molecule has 0 bridgehead atoms. The number of alkyl halides is 3. The zero-order valence-corrected chi connectivity index (χ0v) is 10.5. The first kappa shape index (κ1) is 14.5. The highest BCUT2D eigenvalue weighted by molar-refractivity contribution is 5.88. The minimum Gasteiger partial charge on any atom is -0.369 e. The first-order chi connectivity index (χ1) is 8.05. The number of carbonyl (C=O) groups excluding carboxylic acids is 1. The van der Waals surface area contributed by atoms with Gasteiger partial charge in [-0.05, 0) is 11.0 Å². The maximum atomic E-state index is 13.5. The van der Waals surface area contributed by atoms with Crippen LogP contribution in [0.5, 0.6) is 0 Å². The van der Waals surface area contributed by atoms with Crippen LogP contribution in [-0.2, 0) is 10.2 Å². The maximum Gasteiger partial charge on any atom is 0.407 e. The van der Waals surface area contributed by atoms with Crippen LogP contribution in [0.15, 0.2) is 30.3 Å². The number of rotatable bonds is 2. The Morgan fingerprint density at radius 1 is 1.06 bits per heavy atom. The summed E-state index contributed by atoms with van der Waals surface area (Å²) in [5.41, 5.74) is 0.920. The number of hydrogen-bond donors (Lipinski definition) is 1. The average Bonchev–Trinajstić information content (AvgIpc) is 2.14. The van der Waals surface area contributed by atoms with E-state index in [4.69, 9.17) is 5.73 Å². The summed E-state index contributed by atoms with van der Waals surface area (Å²) in [5, 5.41) is 0. The van der Waals surface area contributed by atoms with E-state index in [0.29, 0.717) is 0 Å². The van der Waals surface area contributed by atoms with E-state index in [1.54, 1.807) is 6.07 Å². The van der Waals surface area contributed by atoms with E-state index in [1.807, 2.05) is 0 Å². The van der Waals surface area contributed by atoms with Gasteiger partial charge in [-0.25, -0.2) is 0 Å². The Morgan fingerprint density at radius 3 is 1.78 bits per heavy atom. The molecule has 1 unspecified atom stereocenters. The molecule has 0 aliphatic rings. The maximum absolute atomic E-state index is 13.5. The molecule has 1 aromatic rings. The minimum absolute atomic E-state index is 0.127. The number of nitrogens with two attached hydrogens (primary N) is 1. The second kappa shape index (κ2) is 4.30. The third-order valence-corrected chi connectivity index (χ3v) is 3.13. The van der Waals surface area contributed by atoms with Crippen molar-refractivity contribution in [1.29, 1.82) is 0 Å². The van der Waals surface area contributed by atoms with Gasteiger partial charge in [-0.1, -0.05) is 51.1 Å². The highest BCUT2D eigenvalue weighted by Crippen LogP contribution is 2.52. The van der Waals surface area contributed by atoms with E-state index in [0.717, 1.165) is 0 Å². The Kier molecular flexibility index (Phi) is 3.47. The summed E-state index contributed by atoms with van der Waals surface area (Å²) in [6.07, 6.45) is -4.75. The van der Waals surface area contributed by atoms with Crippen LogP contribution in [0.25, 0.3) is 0 Å². The molecule has 0 aliphatic carbocycles. The van der Waals surface area contributed by atoms with Gasteiger partial charge in [0.2, 0.25) is 5.91 Å². The Bertz CT molecular complexity index is 418. The molecule has 0 aliphatic heterocycles. The van der Waals surface area contributed by atoms with E-state index in [2.05, 4.69) is 0 Å². The van der Waals surface area contributed by atoms with Crippen molar-refractivity contribution in [1.82, 2.24) is 0 Å². The topological polar surface area (TPSA) is 43.1 Å². The zero-order chi connectivity index (χ0) is 14.2. The molecule has 0 saturated heterocycles. The van der Waals surface area contributed by atoms with Gasteiger partial charge in [-0.3, -0.25) is 4.79 Å². The predicted octanol–water partition coefficient (Wildman–Crippen LogP) is 3.02. The monoisotopic (exact) mass is 259 g/mol. The molecular formula is C13H16F3NO. The van der Waals surface area contributed by atoms with Crippen molar-refractivity contribution in [3.05, 3.63) is 35.9 Å². The SMILES string of the molecule is CC(C)(C)C(C(N)=O)(c1ccccc1)C(F)(F)F. The van der Waals surface area contributed by atoms with Gasteiger partial charge in [0.25, 0.3) is 0 Å². The summed E-state index contributed by atoms with van der Waals surface area (Å²) in [6, 6.07) is 7.08. The van der Waals surface area contributed by atoms with Gasteiger partial charge in [0.15, 0.2) is 5.41 Å². The first-order valence-corrected chi connectivity index (χ1v) is 5.47. The van der Waals surface area contributed by atoms with Crippen molar-refractivity contribution in [2.45, 2.75) is 32.4 Å². The van der Waals surface area contributed by atoms with Crippen LogP contribution in [0, 0.1) is 5.41 Å². The van der Waals surface area contributed by atoms with Gasteiger partial charge in [0.05, 0.1) is 0 Å². The number of amides is 1. The van der Waals surface area contributed by atoms with Crippen molar-refractivity contribution in [3.8, 4) is 0 Å². The molecule has 0 saturated carbocycles. The van der Waals surface area contributed by atoms with Crippen LogP contribution in [0.3, 0.4) is 0 Å². The Balaban J connectivity index is 3.67. The summed E-state index contributed by atoms with van der Waals surface area (Å²) in [7, 11) is 0. The molecule has 1 atom stereocenters. The molecular weight excluding hydrogens is 243 g/mol. The molecule has 1 amide bonds. The van der Waals surface area contributed by atoms with Gasteiger partial charge in [0, 0.05) is 0 Å². The number of benzene rings is 1. The molecule has 0 spiro atoms. The van der Waals surface area contributed by atoms with Gasteiger partial charge in [0.1, 0.15) is 0 Å². The molecule has 1 aromatic carbocycles. The summed E-state index contributed by atoms with van der Waals surface area (Å²) in [5.74, 6) is -1.38. The van der Waals surface area contributed by atoms with Crippen LogP contribution in [-0.4, -0.2) is 12.1 Å². The quantitative estimate of drug-likeness (QED) is 0.871. The molecule has 1 rings (SSSR count). The lowest BCUT2D eigenvalue weighted by Gasteiger charge is -2.43. The van der Waals surface area contributed by atoms with Crippen molar-refractivity contribution < 1.29 is 18.0 Å². The minimum atomic E-state index is -4.75. The van der Waals surface area contributed by atoms with E-state index in [1.165, 1.54) is 45.0 Å².